The Morgan fingerprint density at radius 2 is 1.84 bits per heavy atom. The van der Waals surface area contributed by atoms with Crippen molar-refractivity contribution in [1.29, 1.82) is 0 Å². The smallest absolute Gasteiger partial charge is 0.239 e. The average Bonchev–Trinajstić information content (AvgIpc) is 3.22. The normalized spacial score (nSPS) is 24.1. The molecule has 0 aromatic rings. The highest BCUT2D eigenvalue weighted by Gasteiger charge is 2.32. The minimum absolute atomic E-state index is 0.119. The second-order valence-electron chi connectivity index (χ2n) is 6.26. The highest BCUT2D eigenvalue weighted by atomic mass is 16.3. The zero-order valence-electron chi connectivity index (χ0n) is 12.3. The first-order valence-corrected chi connectivity index (χ1v) is 7.76. The lowest BCUT2D eigenvalue weighted by atomic mass is 10.2. The molecule has 1 amide bonds. The number of amides is 1. The van der Waals surface area contributed by atoms with Gasteiger partial charge in [-0.1, -0.05) is 12.8 Å². The zero-order chi connectivity index (χ0) is 13.8. The largest absolute Gasteiger partial charge is 0.392 e. The maximum Gasteiger partial charge on any atom is 0.239 e. The van der Waals surface area contributed by atoms with Crippen molar-refractivity contribution in [3.63, 3.8) is 0 Å². The van der Waals surface area contributed by atoms with E-state index in [2.05, 4.69) is 0 Å². The standard InChI is InChI=1S/C15H28N2O2/c1-12(16(2)11-14(18)13-7-8-13)15(19)17-9-5-3-4-6-10-17/h12-14,18H,3-11H2,1-2H3. The fourth-order valence-electron chi connectivity index (χ4n) is 2.83. The fourth-order valence-corrected chi connectivity index (χ4v) is 2.83. The van der Waals surface area contributed by atoms with Crippen LogP contribution in [0.3, 0.4) is 0 Å². The van der Waals surface area contributed by atoms with E-state index < -0.39 is 0 Å². The van der Waals surface area contributed by atoms with Crippen LogP contribution in [0.4, 0.5) is 0 Å². The van der Waals surface area contributed by atoms with Gasteiger partial charge in [-0.25, -0.2) is 0 Å². The van der Waals surface area contributed by atoms with Gasteiger partial charge in [-0.15, -0.1) is 0 Å². The van der Waals surface area contributed by atoms with E-state index in [0.717, 1.165) is 38.8 Å². The molecule has 0 aromatic heterocycles. The highest BCUT2D eigenvalue weighted by Crippen LogP contribution is 2.32. The topological polar surface area (TPSA) is 43.8 Å². The van der Waals surface area contributed by atoms with Crippen LogP contribution >= 0.6 is 0 Å². The number of likely N-dealkylation sites (N-methyl/N-ethyl adjacent to an activating group) is 1. The predicted octanol–water partition coefficient (Wildman–Crippen LogP) is 1.48. The third-order valence-electron chi connectivity index (χ3n) is 4.58. The highest BCUT2D eigenvalue weighted by molar-refractivity contribution is 5.81. The van der Waals surface area contributed by atoms with Crippen LogP contribution < -0.4 is 0 Å². The molecule has 1 heterocycles. The molecule has 1 saturated carbocycles. The van der Waals surface area contributed by atoms with Crippen molar-refractivity contribution in [2.45, 2.75) is 57.6 Å². The van der Waals surface area contributed by atoms with Crippen molar-refractivity contribution in [3.05, 3.63) is 0 Å². The van der Waals surface area contributed by atoms with Crippen LogP contribution in [0.1, 0.15) is 45.4 Å². The van der Waals surface area contributed by atoms with Crippen molar-refractivity contribution in [1.82, 2.24) is 9.80 Å². The summed E-state index contributed by atoms with van der Waals surface area (Å²) in [6.07, 6.45) is 6.78. The number of hydrogen-bond acceptors (Lipinski definition) is 3. The molecule has 0 aromatic carbocycles. The van der Waals surface area contributed by atoms with Gasteiger partial charge in [0.1, 0.15) is 0 Å². The molecule has 2 aliphatic rings. The number of hydrogen-bond donors (Lipinski definition) is 1. The van der Waals surface area contributed by atoms with E-state index in [0.29, 0.717) is 12.5 Å². The summed E-state index contributed by atoms with van der Waals surface area (Å²) < 4.78 is 0. The molecule has 1 saturated heterocycles. The average molecular weight is 268 g/mol. The number of carbonyl (C=O) groups is 1. The van der Waals surface area contributed by atoms with Gasteiger partial charge < -0.3 is 10.0 Å². The van der Waals surface area contributed by atoms with Crippen LogP contribution in [0, 0.1) is 5.92 Å². The molecule has 1 aliphatic carbocycles. The van der Waals surface area contributed by atoms with Gasteiger partial charge in [0.25, 0.3) is 0 Å². The molecule has 0 bridgehead atoms. The van der Waals surface area contributed by atoms with Crippen molar-refractivity contribution in [3.8, 4) is 0 Å². The maximum absolute atomic E-state index is 12.5. The Labute approximate surface area is 116 Å². The lowest BCUT2D eigenvalue weighted by molar-refractivity contribution is -0.136. The van der Waals surface area contributed by atoms with Gasteiger partial charge in [-0.2, -0.15) is 0 Å². The summed E-state index contributed by atoms with van der Waals surface area (Å²) in [5.74, 6) is 0.704. The van der Waals surface area contributed by atoms with Crippen LogP contribution in [0.25, 0.3) is 0 Å². The van der Waals surface area contributed by atoms with E-state index in [1.54, 1.807) is 0 Å². The van der Waals surface area contributed by atoms with E-state index in [-0.39, 0.29) is 18.1 Å². The van der Waals surface area contributed by atoms with Gasteiger partial charge >= 0.3 is 0 Å². The maximum atomic E-state index is 12.5. The second-order valence-corrected chi connectivity index (χ2v) is 6.26. The quantitative estimate of drug-likeness (QED) is 0.821. The SMILES string of the molecule is CC(C(=O)N1CCCCCC1)N(C)CC(O)C1CC1. The molecule has 2 fully saturated rings. The molecule has 2 unspecified atom stereocenters. The van der Waals surface area contributed by atoms with Gasteiger partial charge in [0.15, 0.2) is 0 Å². The third-order valence-corrected chi connectivity index (χ3v) is 4.58. The zero-order valence-corrected chi connectivity index (χ0v) is 12.3. The van der Waals surface area contributed by atoms with Gasteiger partial charge in [0.05, 0.1) is 12.1 Å². The van der Waals surface area contributed by atoms with Crippen molar-refractivity contribution < 1.29 is 9.90 Å². The molecular formula is C15H28N2O2. The Bertz CT molecular complexity index is 297. The molecule has 0 radical (unpaired) electrons. The summed E-state index contributed by atoms with van der Waals surface area (Å²) in [4.78, 5) is 16.5. The van der Waals surface area contributed by atoms with Crippen LogP contribution in [-0.2, 0) is 4.79 Å². The van der Waals surface area contributed by atoms with E-state index in [1.807, 2.05) is 23.8 Å². The Balaban J connectivity index is 1.82. The molecule has 1 N–H and O–H groups in total. The summed E-state index contributed by atoms with van der Waals surface area (Å²) >= 11 is 0. The first kappa shape index (κ1) is 14.8. The number of aliphatic hydroxyl groups is 1. The lowest BCUT2D eigenvalue weighted by Gasteiger charge is -2.31. The summed E-state index contributed by atoms with van der Waals surface area (Å²) in [7, 11) is 1.95. The lowest BCUT2D eigenvalue weighted by Crippen LogP contribution is -2.48. The number of aliphatic hydroxyl groups excluding tert-OH is 1. The summed E-state index contributed by atoms with van der Waals surface area (Å²) in [5.41, 5.74) is 0. The molecular weight excluding hydrogens is 240 g/mol. The molecule has 0 spiro atoms. The van der Waals surface area contributed by atoms with Gasteiger partial charge in [0.2, 0.25) is 5.91 Å². The summed E-state index contributed by atoms with van der Waals surface area (Å²) in [6, 6.07) is -0.119. The van der Waals surface area contributed by atoms with Crippen molar-refractivity contribution in [2.24, 2.45) is 5.92 Å². The molecule has 110 valence electrons. The van der Waals surface area contributed by atoms with E-state index >= 15 is 0 Å². The predicted molar refractivity (Wildman–Crippen MR) is 75.9 cm³/mol. The first-order valence-electron chi connectivity index (χ1n) is 7.76. The Kier molecular flexibility index (Phi) is 5.22. The minimum atomic E-state index is -0.260. The van der Waals surface area contributed by atoms with Crippen LogP contribution in [0.2, 0.25) is 0 Å². The summed E-state index contributed by atoms with van der Waals surface area (Å²) in [6.45, 7) is 4.39. The van der Waals surface area contributed by atoms with Crippen LogP contribution in [0.15, 0.2) is 0 Å². The third kappa shape index (κ3) is 4.18. The Hall–Kier alpha value is -0.610. The van der Waals surface area contributed by atoms with E-state index in [9.17, 15) is 9.90 Å². The monoisotopic (exact) mass is 268 g/mol. The number of likely N-dealkylation sites (tertiary alicyclic amines) is 1. The molecule has 1 aliphatic heterocycles. The van der Waals surface area contributed by atoms with Crippen molar-refractivity contribution in [2.75, 3.05) is 26.7 Å². The van der Waals surface area contributed by atoms with Gasteiger partial charge in [-0.05, 0) is 45.6 Å². The number of rotatable bonds is 5. The fraction of sp³-hybridized carbons (Fsp3) is 0.933. The molecule has 4 heteroatoms. The number of carbonyl (C=O) groups excluding carboxylic acids is 1. The summed E-state index contributed by atoms with van der Waals surface area (Å²) in [5, 5.41) is 9.98. The van der Waals surface area contributed by atoms with E-state index in [4.69, 9.17) is 0 Å². The van der Waals surface area contributed by atoms with E-state index in [1.165, 1.54) is 12.8 Å². The second kappa shape index (κ2) is 6.71. The molecule has 2 atom stereocenters. The Morgan fingerprint density at radius 1 is 1.26 bits per heavy atom. The van der Waals surface area contributed by atoms with Gasteiger partial charge in [0, 0.05) is 19.6 Å². The van der Waals surface area contributed by atoms with Crippen molar-refractivity contribution >= 4 is 5.91 Å². The minimum Gasteiger partial charge on any atom is -0.392 e. The Morgan fingerprint density at radius 3 is 2.37 bits per heavy atom. The molecule has 19 heavy (non-hydrogen) atoms. The van der Waals surface area contributed by atoms with Crippen LogP contribution in [0.5, 0.6) is 0 Å². The molecule has 2 rings (SSSR count). The van der Waals surface area contributed by atoms with Crippen LogP contribution in [-0.4, -0.2) is 59.6 Å². The number of nitrogens with zero attached hydrogens (tertiary/aromatic N) is 2. The molecule has 4 nitrogen and oxygen atoms in total. The first-order chi connectivity index (χ1) is 9.09. The van der Waals surface area contributed by atoms with Gasteiger partial charge in [-0.3, -0.25) is 9.69 Å².